The minimum Gasteiger partial charge on any atom is -0.466 e. The first-order valence-electron chi connectivity index (χ1n) is 7.65. The molecule has 1 aromatic carbocycles. The summed E-state index contributed by atoms with van der Waals surface area (Å²) >= 11 is 1.68. The summed E-state index contributed by atoms with van der Waals surface area (Å²) in [5.74, 6) is -0.295. The maximum absolute atomic E-state index is 11.8. The van der Waals surface area contributed by atoms with Crippen LogP contribution in [0, 0.1) is 6.92 Å². The summed E-state index contributed by atoms with van der Waals surface area (Å²) in [6.45, 7) is 4.22. The summed E-state index contributed by atoms with van der Waals surface area (Å²) in [7, 11) is 0. The molecule has 0 spiro atoms. The summed E-state index contributed by atoms with van der Waals surface area (Å²) in [5, 5.41) is 11.0. The monoisotopic (exact) mass is 308 g/mol. The zero-order valence-electron chi connectivity index (χ0n) is 12.8. The molecule has 21 heavy (non-hydrogen) atoms. The Balaban J connectivity index is 2.07. The normalized spacial score (nSPS) is 25.6. The number of rotatable bonds is 5. The van der Waals surface area contributed by atoms with Crippen molar-refractivity contribution in [2.75, 3.05) is 6.61 Å². The Kier molecular flexibility index (Phi) is 5.71. The lowest BCUT2D eigenvalue weighted by molar-refractivity contribution is -0.149. The minimum absolute atomic E-state index is 0.0540. The van der Waals surface area contributed by atoms with Crippen LogP contribution in [0.1, 0.15) is 44.6 Å². The van der Waals surface area contributed by atoms with Gasteiger partial charge in [0.15, 0.2) is 0 Å². The number of benzene rings is 1. The molecule has 0 bridgehead atoms. The van der Waals surface area contributed by atoms with Crippen LogP contribution in [0.25, 0.3) is 0 Å². The van der Waals surface area contributed by atoms with Crippen molar-refractivity contribution in [3.63, 3.8) is 0 Å². The van der Waals surface area contributed by atoms with Gasteiger partial charge in [0.25, 0.3) is 0 Å². The molecule has 0 aliphatic heterocycles. The molecule has 4 heteroatoms. The molecule has 3 nitrogen and oxygen atoms in total. The fraction of sp³-hybridized carbons (Fsp3) is 0.588. The average molecular weight is 308 g/mol. The average Bonchev–Trinajstić information content (AvgIpc) is 2.44. The van der Waals surface area contributed by atoms with Crippen molar-refractivity contribution in [1.29, 1.82) is 0 Å². The molecule has 1 N–H and O–H groups in total. The fourth-order valence-electron chi connectivity index (χ4n) is 2.80. The van der Waals surface area contributed by atoms with Crippen molar-refractivity contribution in [1.82, 2.24) is 0 Å². The number of hydrogen-bond donors (Lipinski definition) is 1. The van der Waals surface area contributed by atoms with E-state index in [4.69, 9.17) is 4.74 Å². The second-order valence-corrected chi connectivity index (χ2v) is 7.03. The van der Waals surface area contributed by atoms with Crippen LogP contribution in [0.15, 0.2) is 29.2 Å². The minimum atomic E-state index is -0.944. The lowest BCUT2D eigenvalue weighted by atomic mass is 9.82. The molecular formula is C17H24O3S. The number of ether oxygens (including phenoxy) is 1. The third-order valence-corrected chi connectivity index (χ3v) is 5.48. The molecule has 0 heterocycles. The summed E-state index contributed by atoms with van der Waals surface area (Å²) in [6.07, 6.45) is 3.80. The van der Waals surface area contributed by atoms with Crippen molar-refractivity contribution >= 4 is 17.7 Å². The molecule has 0 aromatic heterocycles. The molecule has 116 valence electrons. The highest BCUT2D eigenvalue weighted by molar-refractivity contribution is 8.00. The second-order valence-electron chi connectivity index (χ2n) is 5.75. The number of aliphatic hydroxyl groups is 1. The van der Waals surface area contributed by atoms with Gasteiger partial charge in [0.1, 0.15) is 0 Å². The third kappa shape index (κ3) is 4.48. The van der Waals surface area contributed by atoms with Crippen LogP contribution in [0.5, 0.6) is 0 Å². The maximum Gasteiger partial charge on any atom is 0.308 e. The van der Waals surface area contributed by atoms with Crippen LogP contribution < -0.4 is 0 Å². The predicted molar refractivity (Wildman–Crippen MR) is 85.5 cm³/mol. The van der Waals surface area contributed by atoms with Crippen molar-refractivity contribution in [3.8, 4) is 0 Å². The third-order valence-electron chi connectivity index (χ3n) is 3.98. The summed E-state index contributed by atoms with van der Waals surface area (Å²) < 4.78 is 5.02. The van der Waals surface area contributed by atoms with Gasteiger partial charge in [0.05, 0.1) is 18.6 Å². The van der Waals surface area contributed by atoms with E-state index in [2.05, 4.69) is 31.2 Å². The number of carbonyl (C=O) groups excluding carboxylic acids is 1. The SMILES string of the molecule is CCOC(=O)C[C@@]1(O)CCCC[C@@H]1Sc1ccc(C)cc1. The standard InChI is InChI=1S/C17H24O3S/c1-3-20-16(18)12-17(19)11-5-4-6-15(17)21-14-9-7-13(2)8-10-14/h7-10,15,19H,3-6,11-12H2,1-2H3/t15-,17-/m0/s1. The Morgan fingerprint density at radius 2 is 2.10 bits per heavy atom. The van der Waals surface area contributed by atoms with E-state index >= 15 is 0 Å². The van der Waals surface area contributed by atoms with Gasteiger partial charge in [-0.1, -0.05) is 30.5 Å². The first-order chi connectivity index (χ1) is 10.0. The molecule has 2 atom stereocenters. The number of esters is 1. The highest BCUT2D eigenvalue weighted by Crippen LogP contribution is 2.42. The lowest BCUT2D eigenvalue weighted by Gasteiger charge is -2.39. The van der Waals surface area contributed by atoms with Crippen LogP contribution in [-0.4, -0.2) is 28.5 Å². The number of carbonyl (C=O) groups is 1. The topological polar surface area (TPSA) is 46.5 Å². The molecular weight excluding hydrogens is 284 g/mol. The van der Waals surface area contributed by atoms with Crippen LogP contribution in [0.2, 0.25) is 0 Å². The van der Waals surface area contributed by atoms with E-state index in [1.165, 1.54) is 5.56 Å². The van der Waals surface area contributed by atoms with Gasteiger partial charge >= 0.3 is 5.97 Å². The maximum atomic E-state index is 11.8. The summed E-state index contributed by atoms with van der Waals surface area (Å²) in [4.78, 5) is 12.9. The van der Waals surface area contributed by atoms with Crippen molar-refractivity contribution < 1.29 is 14.6 Å². The highest BCUT2D eigenvalue weighted by atomic mass is 32.2. The van der Waals surface area contributed by atoms with Crippen LogP contribution in [-0.2, 0) is 9.53 Å². The van der Waals surface area contributed by atoms with Crippen LogP contribution in [0.3, 0.4) is 0 Å². The molecule has 1 aliphatic rings. The van der Waals surface area contributed by atoms with E-state index in [9.17, 15) is 9.90 Å². The van der Waals surface area contributed by atoms with Gasteiger partial charge in [-0.15, -0.1) is 11.8 Å². The summed E-state index contributed by atoms with van der Waals surface area (Å²) in [6, 6.07) is 8.32. The first-order valence-corrected chi connectivity index (χ1v) is 8.53. The molecule has 2 rings (SSSR count). The van der Waals surface area contributed by atoms with E-state index in [-0.39, 0.29) is 17.6 Å². The van der Waals surface area contributed by atoms with Gasteiger partial charge in [-0.3, -0.25) is 4.79 Å². The van der Waals surface area contributed by atoms with E-state index < -0.39 is 5.60 Å². The van der Waals surface area contributed by atoms with Crippen LogP contribution in [0.4, 0.5) is 0 Å². The van der Waals surface area contributed by atoms with E-state index in [1.54, 1.807) is 18.7 Å². The van der Waals surface area contributed by atoms with Crippen molar-refractivity contribution in [2.24, 2.45) is 0 Å². The molecule has 0 unspecified atom stereocenters. The quantitative estimate of drug-likeness (QED) is 0.842. The first kappa shape index (κ1) is 16.4. The van der Waals surface area contributed by atoms with Crippen LogP contribution >= 0.6 is 11.8 Å². The van der Waals surface area contributed by atoms with E-state index in [1.807, 2.05) is 0 Å². The van der Waals surface area contributed by atoms with Gasteiger partial charge in [-0.25, -0.2) is 0 Å². The van der Waals surface area contributed by atoms with Gasteiger partial charge < -0.3 is 9.84 Å². The van der Waals surface area contributed by atoms with E-state index in [0.717, 1.165) is 24.2 Å². The Bertz CT molecular complexity index is 471. The van der Waals surface area contributed by atoms with E-state index in [0.29, 0.717) is 13.0 Å². The number of aryl methyl sites for hydroxylation is 1. The molecule has 0 saturated heterocycles. The second kappa shape index (κ2) is 7.32. The van der Waals surface area contributed by atoms with Gasteiger partial charge in [-0.05, 0) is 38.8 Å². The smallest absolute Gasteiger partial charge is 0.308 e. The van der Waals surface area contributed by atoms with Crippen molar-refractivity contribution in [2.45, 2.75) is 61.7 Å². The molecule has 0 amide bonds. The zero-order valence-corrected chi connectivity index (χ0v) is 13.6. The van der Waals surface area contributed by atoms with Crippen molar-refractivity contribution in [3.05, 3.63) is 29.8 Å². The Hall–Kier alpha value is -1.00. The lowest BCUT2D eigenvalue weighted by Crippen LogP contribution is -2.45. The Morgan fingerprint density at radius 1 is 1.38 bits per heavy atom. The molecule has 1 aromatic rings. The number of hydrogen-bond acceptors (Lipinski definition) is 4. The predicted octanol–water partition coefficient (Wildman–Crippen LogP) is 3.71. The van der Waals surface area contributed by atoms with Gasteiger partial charge in [0.2, 0.25) is 0 Å². The van der Waals surface area contributed by atoms with Gasteiger partial charge in [-0.2, -0.15) is 0 Å². The summed E-state index contributed by atoms with van der Waals surface area (Å²) in [5.41, 5.74) is 0.282. The molecule has 0 radical (unpaired) electrons. The molecule has 1 fully saturated rings. The molecule has 1 aliphatic carbocycles. The zero-order chi connectivity index (χ0) is 15.3. The highest BCUT2D eigenvalue weighted by Gasteiger charge is 2.41. The fourth-order valence-corrected chi connectivity index (χ4v) is 4.13. The van der Waals surface area contributed by atoms with Gasteiger partial charge in [0, 0.05) is 10.1 Å². The molecule has 1 saturated carbocycles. The Morgan fingerprint density at radius 3 is 2.76 bits per heavy atom. The Labute approximate surface area is 131 Å². The largest absolute Gasteiger partial charge is 0.466 e. The number of thioether (sulfide) groups is 1.